The molecule has 7 heteroatoms. The number of Topliss-reactive ketones (excluding diaryl/α,β-unsaturated/α-hetero) is 2. The fourth-order valence-corrected chi connectivity index (χ4v) is 9.85. The van der Waals surface area contributed by atoms with E-state index in [4.69, 9.17) is 19.9 Å². The standard InChI is InChI=1S/C56H48N4O2.Zn/c1-31-7-13-38(14-8-31)51-42-23-25-44(57-42)52(39-15-9-32(2)10-16-39)46-27-29-48(59-46)54(41-21-19-37(20-22-41)50-36(6)55(61)34(4)35(5)56(50)62)49-30-28-47(60-49)53(45-26-24-43(51)58-45)40-17-11-33(3)12-18-40;/h7-18,23-30,37,41H,19-22H2,1-6H3;/q-2;+2. The van der Waals surface area contributed by atoms with E-state index < -0.39 is 0 Å². The third kappa shape index (κ3) is 7.57. The van der Waals surface area contributed by atoms with Gasteiger partial charge in [0.15, 0.2) is 11.6 Å². The number of rotatable bonds is 5. The Balaban J connectivity index is 0.00000504. The van der Waals surface area contributed by atoms with E-state index in [1.165, 1.54) is 16.7 Å². The van der Waals surface area contributed by atoms with Crippen molar-refractivity contribution in [3.63, 3.8) is 0 Å². The Morgan fingerprint density at radius 1 is 0.413 bits per heavy atom. The van der Waals surface area contributed by atoms with Crippen LogP contribution in [0.1, 0.15) is 97.4 Å². The molecule has 0 N–H and O–H groups in total. The second kappa shape index (κ2) is 16.8. The molecular weight excluding hydrogens is 826 g/mol. The average Bonchev–Trinajstić information content (AvgIpc) is 4.13. The fraction of sp³-hybridized carbons (Fsp3) is 0.214. The van der Waals surface area contributed by atoms with E-state index in [2.05, 4.69) is 142 Å². The Hall–Kier alpha value is -6.30. The van der Waals surface area contributed by atoms with E-state index in [1.807, 2.05) is 6.92 Å². The molecule has 306 valence electrons. The van der Waals surface area contributed by atoms with E-state index in [1.54, 1.807) is 13.8 Å². The third-order valence-corrected chi connectivity index (χ3v) is 13.4. The molecule has 0 unspecified atom stereocenters. The molecule has 2 aliphatic carbocycles. The zero-order valence-electron chi connectivity index (χ0n) is 36.8. The molecule has 0 radical (unpaired) electrons. The monoisotopic (exact) mass is 872 g/mol. The number of fused-ring (bicyclic) bond motifs is 8. The molecule has 1 saturated carbocycles. The summed E-state index contributed by atoms with van der Waals surface area (Å²) in [6.07, 6.45) is 11.8. The van der Waals surface area contributed by atoms with Crippen LogP contribution in [0.3, 0.4) is 0 Å². The molecule has 0 spiro atoms. The summed E-state index contributed by atoms with van der Waals surface area (Å²) in [7, 11) is 0. The molecule has 1 fully saturated rings. The van der Waals surface area contributed by atoms with Crippen LogP contribution in [-0.2, 0) is 29.1 Å². The van der Waals surface area contributed by atoms with Crippen LogP contribution in [0.25, 0.3) is 79.8 Å². The first-order valence-electron chi connectivity index (χ1n) is 21.8. The number of hydrogen-bond acceptors (Lipinski definition) is 4. The first-order chi connectivity index (χ1) is 30.0. The van der Waals surface area contributed by atoms with Gasteiger partial charge in [-0.05, 0) is 142 Å². The summed E-state index contributed by atoms with van der Waals surface area (Å²) in [4.78, 5) is 48.7. The predicted molar refractivity (Wildman–Crippen MR) is 253 cm³/mol. The summed E-state index contributed by atoms with van der Waals surface area (Å²) < 4.78 is 0. The second-order valence-electron chi connectivity index (χ2n) is 17.5. The van der Waals surface area contributed by atoms with Crippen LogP contribution in [0.2, 0.25) is 0 Å². The van der Waals surface area contributed by atoms with Gasteiger partial charge in [-0.15, -0.1) is 22.1 Å². The molecule has 10 rings (SSSR count). The van der Waals surface area contributed by atoms with Gasteiger partial charge in [0.2, 0.25) is 0 Å². The fourth-order valence-electron chi connectivity index (χ4n) is 9.85. The van der Waals surface area contributed by atoms with Crippen molar-refractivity contribution >= 4 is 57.9 Å². The van der Waals surface area contributed by atoms with E-state index >= 15 is 0 Å². The second-order valence-corrected chi connectivity index (χ2v) is 17.5. The number of carbonyl (C=O) groups excluding carboxylic acids is 2. The smallest absolute Gasteiger partial charge is 0.657 e. The third-order valence-electron chi connectivity index (χ3n) is 13.4. The minimum atomic E-state index is -0.00319. The van der Waals surface area contributed by atoms with Crippen molar-refractivity contribution in [2.75, 3.05) is 0 Å². The van der Waals surface area contributed by atoms with Crippen LogP contribution in [0.5, 0.6) is 0 Å². The molecular formula is C56H48N4O2Zn. The van der Waals surface area contributed by atoms with E-state index in [9.17, 15) is 9.59 Å². The molecule has 4 aliphatic rings. The maximum Gasteiger partial charge on any atom is 2.00 e. The number of aryl methyl sites for hydroxylation is 3. The number of ketones is 2. The van der Waals surface area contributed by atoms with E-state index in [-0.39, 0.29) is 42.9 Å². The van der Waals surface area contributed by atoms with Crippen molar-refractivity contribution in [1.29, 1.82) is 0 Å². The molecule has 3 aromatic heterocycles. The van der Waals surface area contributed by atoms with Crippen LogP contribution >= 0.6 is 0 Å². The average molecular weight is 874 g/mol. The van der Waals surface area contributed by atoms with Crippen LogP contribution in [-0.4, -0.2) is 21.5 Å². The first-order valence-corrected chi connectivity index (χ1v) is 21.8. The zero-order chi connectivity index (χ0) is 42.8. The van der Waals surface area contributed by atoms with Crippen LogP contribution in [0, 0.1) is 26.7 Å². The van der Waals surface area contributed by atoms with Crippen molar-refractivity contribution in [3.05, 3.63) is 164 Å². The van der Waals surface area contributed by atoms with Crippen LogP contribution in [0.4, 0.5) is 0 Å². The topological polar surface area (TPSA) is 88.1 Å². The van der Waals surface area contributed by atoms with Crippen LogP contribution in [0.15, 0.2) is 119 Å². The Bertz CT molecular complexity index is 3100. The number of aromatic nitrogens is 4. The Labute approximate surface area is 381 Å². The number of nitrogens with zero attached hydrogens (tertiary/aromatic N) is 4. The maximum absolute atomic E-state index is 13.7. The van der Waals surface area contributed by atoms with Gasteiger partial charge in [-0.2, -0.15) is 0 Å². The summed E-state index contributed by atoms with van der Waals surface area (Å²) >= 11 is 0. The van der Waals surface area contributed by atoms with Crippen molar-refractivity contribution in [1.82, 2.24) is 19.9 Å². The number of benzene rings is 3. The van der Waals surface area contributed by atoms with Gasteiger partial charge in [0.1, 0.15) is 0 Å². The molecule has 0 atom stereocenters. The predicted octanol–water partition coefficient (Wildman–Crippen LogP) is 12.9. The molecule has 63 heavy (non-hydrogen) atoms. The summed E-state index contributed by atoms with van der Waals surface area (Å²) in [6.45, 7) is 11.7. The van der Waals surface area contributed by atoms with Gasteiger partial charge in [0.25, 0.3) is 0 Å². The SMILES string of the molecule is CC1=C(C)C(=O)C(C2CCC(c3c4nc(c(-c5ccc(C)cc5)c5ccc([n-]5)c(-c5ccc(C)cc5)c5nc(c(-c6ccc(C)cc6)c6ccc3[n-]6)C=C5)C=C4)CC2)=C(C)C1=O.[Zn+2]. The number of allylic oxidation sites excluding steroid dienone is 4. The van der Waals surface area contributed by atoms with Gasteiger partial charge < -0.3 is 9.97 Å². The summed E-state index contributed by atoms with van der Waals surface area (Å²) in [5, 5.41) is 0. The molecule has 3 aromatic carbocycles. The van der Waals surface area contributed by atoms with Gasteiger partial charge in [0, 0.05) is 22.3 Å². The van der Waals surface area contributed by atoms with Crippen molar-refractivity contribution in [3.8, 4) is 33.4 Å². The van der Waals surface area contributed by atoms with Gasteiger partial charge in [0.05, 0.1) is 22.8 Å². The summed E-state index contributed by atoms with van der Waals surface area (Å²) in [5.41, 5.74) is 20.0. The van der Waals surface area contributed by atoms with Crippen molar-refractivity contribution in [2.24, 2.45) is 5.92 Å². The summed E-state index contributed by atoms with van der Waals surface area (Å²) in [5.74, 6) is 0.190. The minimum Gasteiger partial charge on any atom is -0.657 e. The summed E-state index contributed by atoms with van der Waals surface area (Å²) in [6, 6.07) is 34.3. The Kier molecular flexibility index (Phi) is 11.2. The number of carbonyl (C=O) groups is 2. The Morgan fingerprint density at radius 3 is 1.21 bits per heavy atom. The van der Waals surface area contributed by atoms with Crippen molar-refractivity contribution in [2.45, 2.75) is 73.1 Å². The first kappa shape index (κ1) is 42.0. The molecule has 0 amide bonds. The van der Waals surface area contributed by atoms with E-state index in [0.29, 0.717) is 22.3 Å². The largest absolute Gasteiger partial charge is 2.00 e. The molecule has 6 nitrogen and oxygen atoms in total. The minimum absolute atomic E-state index is 0. The van der Waals surface area contributed by atoms with E-state index in [0.717, 1.165) is 109 Å². The maximum atomic E-state index is 13.7. The quantitative estimate of drug-likeness (QED) is 0.126. The van der Waals surface area contributed by atoms with Gasteiger partial charge in [-0.25, -0.2) is 9.97 Å². The van der Waals surface area contributed by atoms with Crippen LogP contribution < -0.4 is 9.97 Å². The molecule has 5 heterocycles. The van der Waals surface area contributed by atoms with Gasteiger partial charge >= 0.3 is 19.5 Å². The molecule has 0 saturated heterocycles. The normalized spacial score (nSPS) is 17.4. The Morgan fingerprint density at radius 2 is 0.762 bits per heavy atom. The van der Waals surface area contributed by atoms with Crippen molar-refractivity contribution < 1.29 is 29.1 Å². The van der Waals surface area contributed by atoms with Gasteiger partial charge in [-0.1, -0.05) is 114 Å². The molecule has 6 aromatic rings. The zero-order valence-corrected chi connectivity index (χ0v) is 39.8. The number of hydrogen-bond donors (Lipinski definition) is 0. The molecule has 8 bridgehead atoms. The molecule has 2 aliphatic heterocycles. The van der Waals surface area contributed by atoms with Gasteiger partial charge in [-0.3, -0.25) is 9.59 Å².